The maximum Gasteiger partial charge on any atom is 0.0700 e. The minimum atomic E-state index is 0.213. The monoisotopic (exact) mass is 333 g/mol. The van der Waals surface area contributed by atoms with Crippen LogP contribution in [0.1, 0.15) is 39.5 Å². The molecule has 0 saturated carbocycles. The number of nitrogens with one attached hydrogen (secondary N) is 3. The lowest BCUT2D eigenvalue weighted by atomic mass is 10.2. The summed E-state index contributed by atoms with van der Waals surface area (Å²) >= 11 is 0. The molecule has 4 N–H and O–H groups in total. The number of hydrogen-bond donors (Lipinski definition) is 4. The van der Waals surface area contributed by atoms with E-state index in [1.165, 1.54) is 0 Å². The molecule has 0 spiro atoms. The van der Waals surface area contributed by atoms with Crippen LogP contribution in [0.5, 0.6) is 0 Å². The molecule has 23 heavy (non-hydrogen) atoms. The van der Waals surface area contributed by atoms with Gasteiger partial charge in [-0.3, -0.25) is 0 Å². The van der Waals surface area contributed by atoms with Crippen LogP contribution in [-0.4, -0.2) is 76.9 Å². The molecule has 140 valence electrons. The molecule has 0 rings (SSSR count). The highest BCUT2D eigenvalue weighted by atomic mass is 16.5. The third-order valence-corrected chi connectivity index (χ3v) is 3.75. The van der Waals surface area contributed by atoms with Crippen molar-refractivity contribution in [1.82, 2.24) is 16.0 Å². The molecule has 6 nitrogen and oxygen atoms in total. The minimum Gasteiger partial charge on any atom is -0.395 e. The van der Waals surface area contributed by atoms with Gasteiger partial charge in [0.25, 0.3) is 0 Å². The lowest BCUT2D eigenvalue weighted by Gasteiger charge is -2.17. The Bertz CT molecular complexity index is 233. The van der Waals surface area contributed by atoms with Gasteiger partial charge in [0.15, 0.2) is 0 Å². The van der Waals surface area contributed by atoms with Crippen molar-refractivity contribution in [1.29, 1.82) is 0 Å². The zero-order valence-electron chi connectivity index (χ0n) is 15.4. The number of hydrogen-bond acceptors (Lipinski definition) is 6. The van der Waals surface area contributed by atoms with E-state index in [0.29, 0.717) is 31.8 Å². The van der Waals surface area contributed by atoms with Crippen molar-refractivity contribution in [3.8, 4) is 0 Å². The van der Waals surface area contributed by atoms with Gasteiger partial charge in [0.05, 0.1) is 19.8 Å². The van der Waals surface area contributed by atoms with Gasteiger partial charge in [-0.25, -0.2) is 0 Å². The fourth-order valence-corrected chi connectivity index (χ4v) is 2.19. The molecule has 0 fully saturated rings. The maximum atomic E-state index is 8.69. The first-order valence-electron chi connectivity index (χ1n) is 9.05. The average Bonchev–Trinajstić information content (AvgIpc) is 2.54. The van der Waals surface area contributed by atoms with E-state index in [4.69, 9.17) is 14.6 Å². The van der Waals surface area contributed by atoms with Crippen molar-refractivity contribution in [3.05, 3.63) is 0 Å². The van der Waals surface area contributed by atoms with Crippen LogP contribution in [0, 0.1) is 0 Å². The average molecular weight is 334 g/mol. The van der Waals surface area contributed by atoms with Crippen molar-refractivity contribution in [3.63, 3.8) is 0 Å². The number of aliphatic hydroxyl groups excluding tert-OH is 1. The van der Waals surface area contributed by atoms with Gasteiger partial charge in [0, 0.05) is 32.3 Å². The first-order valence-corrected chi connectivity index (χ1v) is 9.05. The summed E-state index contributed by atoms with van der Waals surface area (Å²) in [4.78, 5) is 0. The Hall–Kier alpha value is -0.240. The summed E-state index contributed by atoms with van der Waals surface area (Å²) in [5, 5.41) is 19.0. The zero-order chi connectivity index (χ0) is 17.2. The van der Waals surface area contributed by atoms with Gasteiger partial charge in [0.2, 0.25) is 0 Å². The smallest absolute Gasteiger partial charge is 0.0700 e. The van der Waals surface area contributed by atoms with Crippen molar-refractivity contribution in [2.24, 2.45) is 0 Å². The normalized spacial score (nSPS) is 14.1. The highest BCUT2D eigenvalue weighted by Gasteiger charge is 2.04. The molecule has 0 bridgehead atoms. The van der Waals surface area contributed by atoms with Gasteiger partial charge in [-0.1, -0.05) is 0 Å². The van der Waals surface area contributed by atoms with Crippen LogP contribution in [0.4, 0.5) is 0 Å². The van der Waals surface area contributed by atoms with Gasteiger partial charge >= 0.3 is 0 Å². The summed E-state index contributed by atoms with van der Waals surface area (Å²) in [5.74, 6) is 0. The Kier molecular flexibility index (Phi) is 17.9. The van der Waals surface area contributed by atoms with Gasteiger partial charge < -0.3 is 30.5 Å². The number of unbranched alkanes of at least 4 members (excludes halogenated alkanes) is 1. The summed E-state index contributed by atoms with van der Waals surface area (Å²) in [6.45, 7) is 10.6. The molecule has 0 radical (unpaired) electrons. The van der Waals surface area contributed by atoms with Crippen molar-refractivity contribution in [2.45, 2.75) is 51.6 Å². The standard InChI is InChI=1S/C17H39N3O3/c1-16(6-9-18-11-12-21)20-10-7-17(2)19-8-4-5-13-23-15-14-22-3/h16-21H,4-15H2,1-3H3. The predicted molar refractivity (Wildman–Crippen MR) is 96.0 cm³/mol. The van der Waals surface area contributed by atoms with E-state index in [2.05, 4.69) is 29.8 Å². The van der Waals surface area contributed by atoms with Crippen LogP contribution >= 0.6 is 0 Å². The molecule has 0 aromatic heterocycles. The first kappa shape index (κ1) is 22.8. The number of rotatable bonds is 18. The number of ether oxygens (including phenoxy) is 2. The van der Waals surface area contributed by atoms with Gasteiger partial charge in [-0.2, -0.15) is 0 Å². The molecular formula is C17H39N3O3. The molecule has 6 heteroatoms. The van der Waals surface area contributed by atoms with Crippen LogP contribution in [-0.2, 0) is 9.47 Å². The number of aliphatic hydroxyl groups is 1. The van der Waals surface area contributed by atoms with Crippen molar-refractivity contribution >= 4 is 0 Å². The molecular weight excluding hydrogens is 294 g/mol. The van der Waals surface area contributed by atoms with Gasteiger partial charge in [-0.05, 0) is 59.2 Å². The minimum absolute atomic E-state index is 0.213. The highest BCUT2D eigenvalue weighted by Crippen LogP contribution is 1.95. The molecule has 0 aliphatic heterocycles. The molecule has 2 atom stereocenters. The summed E-state index contributed by atoms with van der Waals surface area (Å²) < 4.78 is 10.4. The summed E-state index contributed by atoms with van der Waals surface area (Å²) in [6.07, 6.45) is 4.47. The molecule has 0 aromatic rings. The largest absolute Gasteiger partial charge is 0.395 e. The van der Waals surface area contributed by atoms with E-state index in [-0.39, 0.29) is 6.61 Å². The van der Waals surface area contributed by atoms with Crippen LogP contribution in [0.25, 0.3) is 0 Å². The van der Waals surface area contributed by atoms with E-state index in [9.17, 15) is 0 Å². The number of methoxy groups -OCH3 is 1. The van der Waals surface area contributed by atoms with E-state index >= 15 is 0 Å². The van der Waals surface area contributed by atoms with Crippen LogP contribution in [0.15, 0.2) is 0 Å². The molecule has 0 aliphatic carbocycles. The fraction of sp³-hybridized carbons (Fsp3) is 1.00. The summed E-state index contributed by atoms with van der Waals surface area (Å²) in [5.41, 5.74) is 0. The SMILES string of the molecule is COCCOCCCCNC(C)CCNC(C)CCNCCO. The first-order chi connectivity index (χ1) is 11.2. The zero-order valence-corrected chi connectivity index (χ0v) is 15.4. The Morgan fingerprint density at radius 3 is 2.22 bits per heavy atom. The second-order valence-electron chi connectivity index (χ2n) is 6.07. The highest BCUT2D eigenvalue weighted by molar-refractivity contribution is 4.67. The second kappa shape index (κ2) is 18.1. The molecule has 0 amide bonds. The third kappa shape index (κ3) is 17.9. The van der Waals surface area contributed by atoms with E-state index in [0.717, 1.165) is 51.9 Å². The third-order valence-electron chi connectivity index (χ3n) is 3.75. The van der Waals surface area contributed by atoms with E-state index in [1.54, 1.807) is 7.11 Å². The maximum absolute atomic E-state index is 8.69. The Labute approximate surface area is 142 Å². The van der Waals surface area contributed by atoms with Crippen LogP contribution in [0.2, 0.25) is 0 Å². The molecule has 0 saturated heterocycles. The van der Waals surface area contributed by atoms with Crippen molar-refractivity contribution < 1.29 is 14.6 Å². The summed E-state index contributed by atoms with van der Waals surface area (Å²) in [6, 6.07) is 1.05. The lowest BCUT2D eigenvalue weighted by molar-refractivity contribution is 0.0687. The van der Waals surface area contributed by atoms with E-state index in [1.807, 2.05) is 0 Å². The quantitative estimate of drug-likeness (QED) is 0.277. The van der Waals surface area contributed by atoms with E-state index < -0.39 is 0 Å². The summed E-state index contributed by atoms with van der Waals surface area (Å²) in [7, 11) is 1.69. The predicted octanol–water partition coefficient (Wildman–Crippen LogP) is 0.748. The Morgan fingerprint density at radius 2 is 1.52 bits per heavy atom. The molecule has 0 aliphatic rings. The van der Waals surface area contributed by atoms with Gasteiger partial charge in [-0.15, -0.1) is 0 Å². The molecule has 0 heterocycles. The topological polar surface area (TPSA) is 74.8 Å². The fourth-order valence-electron chi connectivity index (χ4n) is 2.19. The Balaban J connectivity index is 3.28. The van der Waals surface area contributed by atoms with Gasteiger partial charge in [0.1, 0.15) is 0 Å². The molecule has 0 aromatic carbocycles. The second-order valence-corrected chi connectivity index (χ2v) is 6.07. The van der Waals surface area contributed by atoms with Crippen LogP contribution in [0.3, 0.4) is 0 Å². The van der Waals surface area contributed by atoms with Crippen molar-refractivity contribution in [2.75, 3.05) is 59.7 Å². The lowest BCUT2D eigenvalue weighted by Crippen LogP contribution is -2.35. The van der Waals surface area contributed by atoms with Crippen LogP contribution < -0.4 is 16.0 Å². The Morgan fingerprint density at radius 1 is 0.826 bits per heavy atom. The molecule has 2 unspecified atom stereocenters.